The maximum Gasteiger partial charge on any atom is 0.0416 e. The maximum atomic E-state index is 4.33. The molecule has 0 saturated heterocycles. The molecule has 2 rings (SSSR count). The van der Waals surface area contributed by atoms with Gasteiger partial charge in [-0.1, -0.05) is 38.2 Å². The summed E-state index contributed by atoms with van der Waals surface area (Å²) in [6.07, 6.45) is 11.6. The summed E-state index contributed by atoms with van der Waals surface area (Å²) in [5.74, 6) is 0.992. The summed E-state index contributed by atoms with van der Waals surface area (Å²) < 4.78 is 0. The molecule has 0 atom stereocenters. The van der Waals surface area contributed by atoms with E-state index < -0.39 is 0 Å². The third-order valence-corrected chi connectivity index (χ3v) is 3.74. The number of nitrogens with zero attached hydrogens (tertiary/aromatic N) is 1. The highest BCUT2D eigenvalue weighted by Crippen LogP contribution is 2.25. The zero-order chi connectivity index (χ0) is 11.8. The summed E-state index contributed by atoms with van der Waals surface area (Å²) >= 11 is 0. The molecular formula is C15H24N2. The highest BCUT2D eigenvalue weighted by molar-refractivity contribution is 5.03. The normalized spacial score (nSPS) is 17.2. The lowest BCUT2D eigenvalue weighted by Crippen LogP contribution is -2.21. The second kappa shape index (κ2) is 7.44. The van der Waals surface area contributed by atoms with E-state index in [4.69, 9.17) is 0 Å². The van der Waals surface area contributed by atoms with E-state index in [0.29, 0.717) is 0 Å². The number of rotatable bonds is 6. The van der Waals surface area contributed by atoms with Crippen molar-refractivity contribution in [1.82, 2.24) is 10.3 Å². The Labute approximate surface area is 105 Å². The molecular weight excluding hydrogens is 208 g/mol. The van der Waals surface area contributed by atoms with Crippen molar-refractivity contribution >= 4 is 0 Å². The van der Waals surface area contributed by atoms with Crippen LogP contribution in [0.15, 0.2) is 24.4 Å². The summed E-state index contributed by atoms with van der Waals surface area (Å²) in [5, 5.41) is 3.54. The Morgan fingerprint density at radius 2 is 2.00 bits per heavy atom. The van der Waals surface area contributed by atoms with Gasteiger partial charge >= 0.3 is 0 Å². The second-order valence-electron chi connectivity index (χ2n) is 5.11. The van der Waals surface area contributed by atoms with Crippen LogP contribution in [0.1, 0.15) is 44.2 Å². The third-order valence-electron chi connectivity index (χ3n) is 3.74. The Morgan fingerprint density at radius 1 is 1.12 bits per heavy atom. The number of hydrogen-bond donors (Lipinski definition) is 1. The van der Waals surface area contributed by atoms with Gasteiger partial charge in [0.05, 0.1) is 0 Å². The number of pyridine rings is 1. The monoisotopic (exact) mass is 232 g/mol. The van der Waals surface area contributed by atoms with E-state index in [2.05, 4.69) is 22.4 Å². The van der Waals surface area contributed by atoms with E-state index in [1.807, 2.05) is 12.3 Å². The van der Waals surface area contributed by atoms with Crippen molar-refractivity contribution in [2.45, 2.75) is 44.9 Å². The van der Waals surface area contributed by atoms with Crippen LogP contribution in [0.2, 0.25) is 0 Å². The van der Waals surface area contributed by atoms with Gasteiger partial charge in [0.1, 0.15) is 0 Å². The van der Waals surface area contributed by atoms with Gasteiger partial charge in [0, 0.05) is 24.9 Å². The fraction of sp³-hybridized carbons (Fsp3) is 0.667. The van der Waals surface area contributed by atoms with Crippen LogP contribution >= 0.6 is 0 Å². The van der Waals surface area contributed by atoms with E-state index in [1.54, 1.807) is 0 Å². The van der Waals surface area contributed by atoms with Gasteiger partial charge in [-0.2, -0.15) is 0 Å². The zero-order valence-corrected chi connectivity index (χ0v) is 10.7. The first-order valence-corrected chi connectivity index (χ1v) is 7.06. The predicted octanol–water partition coefficient (Wildman–Crippen LogP) is 3.18. The first kappa shape index (κ1) is 12.6. The maximum absolute atomic E-state index is 4.33. The Hall–Kier alpha value is -0.890. The summed E-state index contributed by atoms with van der Waals surface area (Å²) in [6, 6.07) is 6.13. The average molecular weight is 232 g/mol. The van der Waals surface area contributed by atoms with Crippen molar-refractivity contribution in [3.05, 3.63) is 30.1 Å². The highest BCUT2D eigenvalue weighted by Gasteiger charge is 2.12. The smallest absolute Gasteiger partial charge is 0.0416 e. The lowest BCUT2D eigenvalue weighted by Gasteiger charge is -2.21. The Morgan fingerprint density at radius 3 is 2.76 bits per heavy atom. The molecule has 1 aliphatic rings. The lowest BCUT2D eigenvalue weighted by molar-refractivity contribution is 0.334. The molecule has 2 heteroatoms. The van der Waals surface area contributed by atoms with Crippen molar-refractivity contribution in [3.8, 4) is 0 Å². The van der Waals surface area contributed by atoms with Crippen molar-refractivity contribution in [2.24, 2.45) is 5.92 Å². The minimum absolute atomic E-state index is 0.992. The molecule has 1 aromatic rings. The number of aromatic nitrogens is 1. The molecule has 1 aliphatic carbocycles. The van der Waals surface area contributed by atoms with E-state index in [1.165, 1.54) is 50.8 Å². The van der Waals surface area contributed by atoms with E-state index >= 15 is 0 Å². The van der Waals surface area contributed by atoms with Gasteiger partial charge in [0.2, 0.25) is 0 Å². The first-order valence-electron chi connectivity index (χ1n) is 7.06. The van der Waals surface area contributed by atoms with Crippen molar-refractivity contribution in [3.63, 3.8) is 0 Å². The predicted molar refractivity (Wildman–Crippen MR) is 72.0 cm³/mol. The fourth-order valence-electron chi connectivity index (χ4n) is 2.67. The van der Waals surface area contributed by atoms with Crippen molar-refractivity contribution in [1.29, 1.82) is 0 Å². The quantitative estimate of drug-likeness (QED) is 0.762. The van der Waals surface area contributed by atoms with Crippen molar-refractivity contribution < 1.29 is 0 Å². The van der Waals surface area contributed by atoms with Crippen LogP contribution in [0.4, 0.5) is 0 Å². The molecule has 0 aliphatic heterocycles. The van der Waals surface area contributed by atoms with Gasteiger partial charge in [0.15, 0.2) is 0 Å². The molecule has 0 radical (unpaired) electrons. The molecule has 1 aromatic heterocycles. The van der Waals surface area contributed by atoms with Gasteiger partial charge < -0.3 is 5.32 Å². The molecule has 0 unspecified atom stereocenters. The Bertz CT molecular complexity index is 291. The Kier molecular flexibility index (Phi) is 5.50. The number of nitrogens with one attached hydrogen (secondary N) is 1. The van der Waals surface area contributed by atoms with Gasteiger partial charge in [0.25, 0.3) is 0 Å². The molecule has 0 spiro atoms. The van der Waals surface area contributed by atoms with Crippen LogP contribution < -0.4 is 5.32 Å². The van der Waals surface area contributed by atoms with Gasteiger partial charge in [-0.3, -0.25) is 4.98 Å². The van der Waals surface area contributed by atoms with Crippen LogP contribution in [0.3, 0.4) is 0 Å². The third kappa shape index (κ3) is 4.86. The fourth-order valence-corrected chi connectivity index (χ4v) is 2.67. The molecule has 0 amide bonds. The first-order chi connectivity index (χ1) is 8.45. The zero-order valence-electron chi connectivity index (χ0n) is 10.7. The van der Waals surface area contributed by atoms with Crippen LogP contribution in [0.5, 0.6) is 0 Å². The van der Waals surface area contributed by atoms with Crippen LogP contribution in [-0.2, 0) is 6.42 Å². The average Bonchev–Trinajstić information content (AvgIpc) is 2.41. The van der Waals surface area contributed by atoms with Crippen LogP contribution in [0.25, 0.3) is 0 Å². The van der Waals surface area contributed by atoms with E-state index in [0.717, 1.165) is 18.9 Å². The molecule has 1 heterocycles. The topological polar surface area (TPSA) is 24.9 Å². The molecule has 2 nitrogen and oxygen atoms in total. The molecule has 1 fully saturated rings. The largest absolute Gasteiger partial charge is 0.316 e. The molecule has 0 bridgehead atoms. The summed E-state index contributed by atoms with van der Waals surface area (Å²) in [5.41, 5.74) is 1.19. The van der Waals surface area contributed by atoms with E-state index in [-0.39, 0.29) is 0 Å². The van der Waals surface area contributed by atoms with Gasteiger partial charge in [-0.05, 0) is 31.0 Å². The molecule has 1 saturated carbocycles. The minimum Gasteiger partial charge on any atom is -0.316 e. The Balaban J connectivity index is 1.51. The molecule has 1 N–H and O–H groups in total. The highest BCUT2D eigenvalue weighted by atomic mass is 14.8. The molecule has 0 aromatic carbocycles. The summed E-state index contributed by atoms with van der Waals surface area (Å²) in [7, 11) is 0. The molecule has 17 heavy (non-hydrogen) atoms. The van der Waals surface area contributed by atoms with Crippen molar-refractivity contribution in [2.75, 3.05) is 13.1 Å². The minimum atomic E-state index is 0.992. The summed E-state index contributed by atoms with van der Waals surface area (Å²) in [6.45, 7) is 2.24. The van der Waals surface area contributed by atoms with Gasteiger partial charge in [-0.15, -0.1) is 0 Å². The number of hydrogen-bond acceptors (Lipinski definition) is 2. The lowest BCUT2D eigenvalue weighted by atomic mass is 9.87. The van der Waals surface area contributed by atoms with Gasteiger partial charge in [-0.25, -0.2) is 0 Å². The van der Waals surface area contributed by atoms with Crippen LogP contribution in [0, 0.1) is 5.92 Å². The summed E-state index contributed by atoms with van der Waals surface area (Å²) in [4.78, 5) is 4.33. The molecule has 94 valence electrons. The SMILES string of the molecule is c1ccc(CCNCCC2CCCCC2)nc1. The second-order valence-corrected chi connectivity index (χ2v) is 5.11. The van der Waals surface area contributed by atoms with Crippen LogP contribution in [-0.4, -0.2) is 18.1 Å². The van der Waals surface area contributed by atoms with E-state index in [9.17, 15) is 0 Å². The standard InChI is InChI=1S/C15H24N2/c1-2-6-14(7-3-1)9-12-16-13-10-15-8-4-5-11-17-15/h4-5,8,11,14,16H,1-3,6-7,9-10,12-13H2.